The predicted octanol–water partition coefficient (Wildman–Crippen LogP) is -0.397. The molecule has 0 spiro atoms. The molecule has 1 atom stereocenters. The lowest BCUT2D eigenvalue weighted by atomic mass is 10.1. The maximum atomic E-state index is 11.0. The van der Waals surface area contributed by atoms with Crippen LogP contribution in [0.25, 0.3) is 0 Å². The van der Waals surface area contributed by atoms with Crippen molar-refractivity contribution in [2.75, 3.05) is 19.7 Å². The Labute approximate surface area is 90.6 Å². The number of likely N-dealkylation sites (tertiary alicyclic amines) is 1. The molecule has 15 heavy (non-hydrogen) atoms. The summed E-state index contributed by atoms with van der Waals surface area (Å²) in [6, 6.07) is 0.544. The third-order valence-corrected chi connectivity index (χ3v) is 2.98. The fraction of sp³-hybridized carbons (Fsp3) is 0.900. The van der Waals surface area contributed by atoms with E-state index < -0.39 is 0 Å². The number of amides is 1. The Balaban J connectivity index is 2.23. The highest BCUT2D eigenvalue weighted by atomic mass is 16.2. The van der Waals surface area contributed by atoms with Gasteiger partial charge in [0, 0.05) is 25.6 Å². The van der Waals surface area contributed by atoms with Gasteiger partial charge in [0.05, 0.1) is 0 Å². The molecule has 0 aromatic carbocycles. The molecule has 0 aromatic rings. The largest absolute Gasteiger partial charge is 0.396 e. The maximum absolute atomic E-state index is 11.0. The molecule has 0 radical (unpaired) electrons. The molecule has 5 nitrogen and oxygen atoms in total. The second-order valence-corrected chi connectivity index (χ2v) is 4.02. The number of aliphatic hydroxyl groups excluding tert-OH is 1. The van der Waals surface area contributed by atoms with E-state index in [0.29, 0.717) is 12.5 Å². The van der Waals surface area contributed by atoms with Crippen LogP contribution in [0.3, 0.4) is 0 Å². The van der Waals surface area contributed by atoms with Crippen LogP contribution in [0, 0.1) is 0 Å². The summed E-state index contributed by atoms with van der Waals surface area (Å²) in [5, 5.41) is 8.77. The van der Waals surface area contributed by atoms with Crippen LogP contribution in [0.1, 0.15) is 32.1 Å². The Morgan fingerprint density at radius 1 is 1.60 bits per heavy atom. The average molecular weight is 215 g/mol. The Hall–Kier alpha value is -0.650. The number of nitrogens with two attached hydrogens (primary N) is 1. The van der Waals surface area contributed by atoms with Crippen LogP contribution in [0.5, 0.6) is 0 Å². The fourth-order valence-corrected chi connectivity index (χ4v) is 2.16. The van der Waals surface area contributed by atoms with Gasteiger partial charge in [0.1, 0.15) is 0 Å². The van der Waals surface area contributed by atoms with E-state index in [4.69, 9.17) is 10.9 Å². The second-order valence-electron chi connectivity index (χ2n) is 4.02. The van der Waals surface area contributed by atoms with Gasteiger partial charge in [0.25, 0.3) is 0 Å². The molecule has 4 N–H and O–H groups in total. The zero-order valence-electron chi connectivity index (χ0n) is 9.11. The first-order valence-electron chi connectivity index (χ1n) is 5.62. The lowest BCUT2D eigenvalue weighted by Gasteiger charge is -2.23. The van der Waals surface area contributed by atoms with Crippen molar-refractivity contribution in [3.8, 4) is 0 Å². The summed E-state index contributed by atoms with van der Waals surface area (Å²) >= 11 is 0. The number of hydrazine groups is 1. The summed E-state index contributed by atoms with van der Waals surface area (Å²) in [5.74, 6) is 4.91. The van der Waals surface area contributed by atoms with E-state index in [0.717, 1.165) is 25.9 Å². The van der Waals surface area contributed by atoms with E-state index >= 15 is 0 Å². The number of carbonyl (C=O) groups is 1. The molecule has 1 fully saturated rings. The zero-order valence-corrected chi connectivity index (χ0v) is 9.11. The summed E-state index contributed by atoms with van der Waals surface area (Å²) in [7, 11) is 0. The van der Waals surface area contributed by atoms with E-state index in [9.17, 15) is 4.79 Å². The van der Waals surface area contributed by atoms with Crippen molar-refractivity contribution in [2.45, 2.75) is 38.1 Å². The summed E-state index contributed by atoms with van der Waals surface area (Å²) in [5.41, 5.74) is 2.14. The van der Waals surface area contributed by atoms with E-state index in [-0.39, 0.29) is 12.5 Å². The molecule has 5 heteroatoms. The van der Waals surface area contributed by atoms with Gasteiger partial charge in [-0.05, 0) is 32.2 Å². The summed E-state index contributed by atoms with van der Waals surface area (Å²) in [6.45, 7) is 2.10. The first kappa shape index (κ1) is 12.4. The Bertz CT molecular complexity index is 199. The fourth-order valence-electron chi connectivity index (χ4n) is 2.16. The highest BCUT2D eigenvalue weighted by Crippen LogP contribution is 2.21. The zero-order chi connectivity index (χ0) is 11.1. The molecule has 0 aromatic heterocycles. The van der Waals surface area contributed by atoms with E-state index in [1.807, 2.05) is 0 Å². The minimum absolute atomic E-state index is 0.109. The first-order chi connectivity index (χ1) is 7.27. The summed E-state index contributed by atoms with van der Waals surface area (Å²) < 4.78 is 0. The molecule has 1 rings (SSSR count). The molecular weight excluding hydrogens is 194 g/mol. The monoisotopic (exact) mass is 215 g/mol. The van der Waals surface area contributed by atoms with Gasteiger partial charge in [-0.1, -0.05) is 0 Å². The topological polar surface area (TPSA) is 78.6 Å². The quantitative estimate of drug-likeness (QED) is 0.320. The molecule has 1 aliphatic heterocycles. The number of rotatable bonds is 6. The van der Waals surface area contributed by atoms with Crippen molar-refractivity contribution in [2.24, 2.45) is 5.84 Å². The number of nitrogens with zero attached hydrogens (tertiary/aromatic N) is 1. The molecule has 1 unspecified atom stereocenters. The number of carbonyl (C=O) groups excluding carboxylic acids is 1. The minimum Gasteiger partial charge on any atom is -0.396 e. The van der Waals surface area contributed by atoms with E-state index in [1.165, 1.54) is 12.8 Å². The van der Waals surface area contributed by atoms with Crippen molar-refractivity contribution in [1.29, 1.82) is 0 Å². The van der Waals surface area contributed by atoms with Gasteiger partial charge in [-0.2, -0.15) is 0 Å². The third kappa shape index (κ3) is 4.15. The van der Waals surface area contributed by atoms with Crippen molar-refractivity contribution in [1.82, 2.24) is 10.3 Å². The van der Waals surface area contributed by atoms with Crippen molar-refractivity contribution >= 4 is 5.91 Å². The number of hydrogen-bond donors (Lipinski definition) is 3. The standard InChI is InChI=1S/C10H21N3O2/c11-12-10(15)5-7-13-6-1-3-9(13)4-2-8-14/h9,14H,1-8,11H2,(H,12,15). The molecular formula is C10H21N3O2. The molecule has 1 amide bonds. The molecule has 0 aliphatic carbocycles. The minimum atomic E-state index is -0.109. The van der Waals surface area contributed by atoms with Gasteiger partial charge in [-0.3, -0.25) is 15.1 Å². The SMILES string of the molecule is NNC(=O)CCN1CCCC1CCCO. The molecule has 0 bridgehead atoms. The van der Waals surface area contributed by atoms with Crippen LogP contribution in [0.2, 0.25) is 0 Å². The Kier molecular flexibility index (Phi) is 5.60. The van der Waals surface area contributed by atoms with Crippen LogP contribution >= 0.6 is 0 Å². The van der Waals surface area contributed by atoms with Crippen molar-refractivity contribution < 1.29 is 9.90 Å². The van der Waals surface area contributed by atoms with Crippen LogP contribution in [-0.4, -0.2) is 41.7 Å². The predicted molar refractivity (Wildman–Crippen MR) is 57.9 cm³/mol. The van der Waals surface area contributed by atoms with Crippen LogP contribution in [-0.2, 0) is 4.79 Å². The summed E-state index contributed by atoms with van der Waals surface area (Å²) in [4.78, 5) is 13.3. The molecule has 0 saturated carbocycles. The Morgan fingerprint density at radius 3 is 3.07 bits per heavy atom. The second kappa shape index (κ2) is 6.76. The molecule has 88 valence electrons. The van der Waals surface area contributed by atoms with Crippen LogP contribution in [0.4, 0.5) is 0 Å². The van der Waals surface area contributed by atoms with Gasteiger partial charge < -0.3 is 5.11 Å². The van der Waals surface area contributed by atoms with E-state index in [1.54, 1.807) is 0 Å². The highest BCUT2D eigenvalue weighted by Gasteiger charge is 2.23. The first-order valence-corrected chi connectivity index (χ1v) is 5.62. The van der Waals surface area contributed by atoms with Gasteiger partial charge in [-0.25, -0.2) is 5.84 Å². The smallest absolute Gasteiger partial charge is 0.235 e. The van der Waals surface area contributed by atoms with Gasteiger partial charge in [0.2, 0.25) is 5.91 Å². The van der Waals surface area contributed by atoms with Crippen molar-refractivity contribution in [3.63, 3.8) is 0 Å². The highest BCUT2D eigenvalue weighted by molar-refractivity contribution is 5.75. The lowest BCUT2D eigenvalue weighted by molar-refractivity contribution is -0.121. The van der Waals surface area contributed by atoms with Gasteiger partial charge in [0.15, 0.2) is 0 Å². The average Bonchev–Trinajstić information content (AvgIpc) is 2.70. The van der Waals surface area contributed by atoms with Gasteiger partial charge >= 0.3 is 0 Å². The molecule has 1 aliphatic rings. The number of nitrogens with one attached hydrogen (secondary N) is 1. The molecule has 1 saturated heterocycles. The Morgan fingerprint density at radius 2 is 2.40 bits per heavy atom. The normalized spacial score (nSPS) is 21.9. The van der Waals surface area contributed by atoms with Gasteiger partial charge in [-0.15, -0.1) is 0 Å². The van der Waals surface area contributed by atoms with Crippen LogP contribution in [0.15, 0.2) is 0 Å². The number of hydrogen-bond acceptors (Lipinski definition) is 4. The van der Waals surface area contributed by atoms with E-state index in [2.05, 4.69) is 10.3 Å². The van der Waals surface area contributed by atoms with Crippen molar-refractivity contribution in [3.05, 3.63) is 0 Å². The number of aliphatic hydroxyl groups is 1. The third-order valence-electron chi connectivity index (χ3n) is 2.98. The maximum Gasteiger partial charge on any atom is 0.235 e. The lowest BCUT2D eigenvalue weighted by Crippen LogP contribution is -2.36. The summed E-state index contributed by atoms with van der Waals surface area (Å²) in [6.07, 6.45) is 4.72. The molecule has 1 heterocycles. The van der Waals surface area contributed by atoms with Crippen LogP contribution < -0.4 is 11.3 Å².